The molecule has 0 amide bonds. The topological polar surface area (TPSA) is 46.5 Å². The molecule has 3 heteroatoms. The molecular formula is C11H14O3. The van der Waals surface area contributed by atoms with E-state index in [2.05, 4.69) is 0 Å². The molecule has 0 aromatic heterocycles. The predicted molar refractivity (Wildman–Crippen MR) is 53.5 cm³/mol. The van der Waals surface area contributed by atoms with Crippen LogP contribution in [0.1, 0.15) is 28.4 Å². The van der Waals surface area contributed by atoms with E-state index in [1.807, 2.05) is 0 Å². The van der Waals surface area contributed by atoms with Gasteiger partial charge in [0.2, 0.25) is 0 Å². The Bertz CT molecular complexity index is 333. The van der Waals surface area contributed by atoms with Gasteiger partial charge in [-0.3, -0.25) is 0 Å². The van der Waals surface area contributed by atoms with Crippen molar-refractivity contribution < 1.29 is 14.6 Å². The van der Waals surface area contributed by atoms with E-state index in [0.29, 0.717) is 12.2 Å². The molecule has 0 aliphatic heterocycles. The number of carbonyl (C=O) groups excluding carboxylic acids is 1. The molecule has 3 nitrogen and oxygen atoms in total. The number of ether oxygens (including phenoxy) is 1. The van der Waals surface area contributed by atoms with Gasteiger partial charge < -0.3 is 9.84 Å². The van der Waals surface area contributed by atoms with Crippen molar-refractivity contribution in [3.8, 4) is 5.75 Å². The van der Waals surface area contributed by atoms with Gasteiger partial charge in [-0.15, -0.1) is 0 Å². The number of phenolic OH excluding ortho intramolecular Hbond substituents is 1. The maximum absolute atomic E-state index is 11.5. The average molecular weight is 194 g/mol. The summed E-state index contributed by atoms with van der Waals surface area (Å²) in [5.41, 5.74) is 2.02. The third kappa shape index (κ3) is 2.05. The molecule has 0 atom stereocenters. The molecule has 0 spiro atoms. The van der Waals surface area contributed by atoms with Gasteiger partial charge in [-0.05, 0) is 44.0 Å². The Kier molecular flexibility index (Phi) is 3.12. The molecule has 0 bridgehead atoms. The fourth-order valence-corrected chi connectivity index (χ4v) is 1.47. The highest BCUT2D eigenvalue weighted by Crippen LogP contribution is 2.21. The highest BCUT2D eigenvalue weighted by molar-refractivity contribution is 5.92. The van der Waals surface area contributed by atoms with Gasteiger partial charge in [-0.1, -0.05) is 0 Å². The Morgan fingerprint density at radius 2 is 1.86 bits per heavy atom. The normalized spacial score (nSPS) is 9.93. The van der Waals surface area contributed by atoms with Crippen LogP contribution in [0.15, 0.2) is 12.1 Å². The van der Waals surface area contributed by atoms with Crippen molar-refractivity contribution in [2.75, 3.05) is 6.61 Å². The minimum absolute atomic E-state index is 0.174. The van der Waals surface area contributed by atoms with Gasteiger partial charge in [-0.2, -0.15) is 0 Å². The molecule has 1 aromatic carbocycles. The number of phenols is 1. The first-order valence-electron chi connectivity index (χ1n) is 4.53. The summed E-state index contributed by atoms with van der Waals surface area (Å²) in [6, 6.07) is 3.11. The zero-order valence-electron chi connectivity index (χ0n) is 8.63. The minimum atomic E-state index is -0.331. The summed E-state index contributed by atoms with van der Waals surface area (Å²) in [4.78, 5) is 11.5. The van der Waals surface area contributed by atoms with E-state index in [4.69, 9.17) is 4.74 Å². The van der Waals surface area contributed by atoms with Gasteiger partial charge in [0.05, 0.1) is 12.2 Å². The van der Waals surface area contributed by atoms with Crippen LogP contribution in [-0.4, -0.2) is 17.7 Å². The van der Waals surface area contributed by atoms with Crippen LogP contribution < -0.4 is 0 Å². The lowest BCUT2D eigenvalue weighted by Crippen LogP contribution is -2.08. The molecule has 0 fully saturated rings. The summed E-state index contributed by atoms with van der Waals surface area (Å²) in [6.07, 6.45) is 0. The lowest BCUT2D eigenvalue weighted by molar-refractivity contribution is 0.0524. The third-order valence-corrected chi connectivity index (χ3v) is 2.00. The Balaban J connectivity index is 3.14. The smallest absolute Gasteiger partial charge is 0.338 e. The summed E-state index contributed by atoms with van der Waals surface area (Å²) >= 11 is 0. The first-order chi connectivity index (χ1) is 6.56. The highest BCUT2D eigenvalue weighted by Gasteiger charge is 2.13. The van der Waals surface area contributed by atoms with Crippen molar-refractivity contribution in [3.05, 3.63) is 28.8 Å². The van der Waals surface area contributed by atoms with Crippen molar-refractivity contribution in [1.29, 1.82) is 0 Å². The van der Waals surface area contributed by atoms with Crippen LogP contribution in [0, 0.1) is 13.8 Å². The maximum Gasteiger partial charge on any atom is 0.338 e. The fraction of sp³-hybridized carbons (Fsp3) is 0.364. The molecule has 1 aromatic rings. The molecule has 14 heavy (non-hydrogen) atoms. The molecule has 1 rings (SSSR count). The molecule has 0 radical (unpaired) electrons. The highest BCUT2D eigenvalue weighted by atomic mass is 16.5. The van der Waals surface area contributed by atoms with E-state index < -0.39 is 0 Å². The molecule has 0 heterocycles. The first-order valence-corrected chi connectivity index (χ1v) is 4.53. The van der Waals surface area contributed by atoms with Crippen LogP contribution in [0.5, 0.6) is 5.75 Å². The van der Waals surface area contributed by atoms with Crippen molar-refractivity contribution in [2.24, 2.45) is 0 Å². The van der Waals surface area contributed by atoms with Crippen molar-refractivity contribution in [3.63, 3.8) is 0 Å². The summed E-state index contributed by atoms with van der Waals surface area (Å²) in [5.74, 6) is -0.157. The zero-order valence-corrected chi connectivity index (χ0v) is 8.63. The number of esters is 1. The Morgan fingerprint density at radius 1 is 1.36 bits per heavy atom. The quantitative estimate of drug-likeness (QED) is 0.734. The summed E-state index contributed by atoms with van der Waals surface area (Å²) in [6.45, 7) is 5.68. The lowest BCUT2D eigenvalue weighted by atomic mass is 10.0. The number of rotatable bonds is 2. The number of aromatic hydroxyl groups is 1. The van der Waals surface area contributed by atoms with Crippen molar-refractivity contribution in [2.45, 2.75) is 20.8 Å². The number of hydrogen-bond donors (Lipinski definition) is 1. The second-order valence-electron chi connectivity index (χ2n) is 3.18. The Hall–Kier alpha value is -1.51. The number of carbonyl (C=O) groups is 1. The maximum atomic E-state index is 11.5. The number of hydrogen-bond acceptors (Lipinski definition) is 3. The molecule has 0 saturated heterocycles. The third-order valence-electron chi connectivity index (χ3n) is 2.00. The van der Waals surface area contributed by atoms with Gasteiger partial charge >= 0.3 is 5.97 Å². The van der Waals surface area contributed by atoms with Crippen molar-refractivity contribution in [1.82, 2.24) is 0 Å². The van der Waals surface area contributed by atoms with Crippen LogP contribution in [0.3, 0.4) is 0 Å². The van der Waals surface area contributed by atoms with E-state index >= 15 is 0 Å². The standard InChI is InChI=1S/C11H14O3/c1-4-14-11(13)10-7(2)5-9(12)6-8(10)3/h5-6,12H,4H2,1-3H3. The van der Waals surface area contributed by atoms with Gasteiger partial charge in [0.25, 0.3) is 0 Å². The van der Waals surface area contributed by atoms with E-state index in [9.17, 15) is 9.90 Å². The Labute approximate surface area is 83.3 Å². The largest absolute Gasteiger partial charge is 0.508 e. The lowest BCUT2D eigenvalue weighted by Gasteiger charge is -2.09. The number of benzene rings is 1. The van der Waals surface area contributed by atoms with Crippen molar-refractivity contribution >= 4 is 5.97 Å². The average Bonchev–Trinajstić information content (AvgIpc) is 2.01. The summed E-state index contributed by atoms with van der Waals surface area (Å²) < 4.78 is 4.91. The van der Waals surface area contributed by atoms with Gasteiger partial charge in [0.1, 0.15) is 5.75 Å². The second kappa shape index (κ2) is 4.13. The van der Waals surface area contributed by atoms with Gasteiger partial charge in [-0.25, -0.2) is 4.79 Å². The SMILES string of the molecule is CCOC(=O)c1c(C)cc(O)cc1C. The Morgan fingerprint density at radius 3 is 2.29 bits per heavy atom. The van der Waals surface area contributed by atoms with E-state index in [-0.39, 0.29) is 11.7 Å². The molecule has 0 aliphatic carbocycles. The molecule has 1 N–H and O–H groups in total. The van der Waals surface area contributed by atoms with E-state index in [0.717, 1.165) is 11.1 Å². The minimum Gasteiger partial charge on any atom is -0.508 e. The van der Waals surface area contributed by atoms with Gasteiger partial charge in [0, 0.05) is 0 Å². The molecule has 0 unspecified atom stereocenters. The van der Waals surface area contributed by atoms with Crippen LogP contribution in [0.4, 0.5) is 0 Å². The summed E-state index contributed by atoms with van der Waals surface area (Å²) in [7, 11) is 0. The zero-order chi connectivity index (χ0) is 10.7. The van der Waals surface area contributed by atoms with E-state index in [1.54, 1.807) is 32.9 Å². The van der Waals surface area contributed by atoms with Crippen LogP contribution in [0.2, 0.25) is 0 Å². The molecule has 0 aliphatic rings. The molecule has 76 valence electrons. The molecular weight excluding hydrogens is 180 g/mol. The van der Waals surface area contributed by atoms with Crippen LogP contribution >= 0.6 is 0 Å². The summed E-state index contributed by atoms with van der Waals surface area (Å²) in [5, 5.41) is 9.28. The van der Waals surface area contributed by atoms with Crippen LogP contribution in [-0.2, 0) is 4.74 Å². The fourth-order valence-electron chi connectivity index (χ4n) is 1.47. The number of aryl methyl sites for hydroxylation is 2. The first kappa shape index (κ1) is 10.6. The second-order valence-corrected chi connectivity index (χ2v) is 3.18. The monoisotopic (exact) mass is 194 g/mol. The van der Waals surface area contributed by atoms with E-state index in [1.165, 1.54) is 0 Å². The predicted octanol–water partition coefficient (Wildman–Crippen LogP) is 2.19. The molecule has 0 saturated carbocycles. The van der Waals surface area contributed by atoms with Crippen LogP contribution in [0.25, 0.3) is 0 Å². The van der Waals surface area contributed by atoms with Gasteiger partial charge in [0.15, 0.2) is 0 Å².